The number of nitrogens with zero attached hydrogens (tertiary/aromatic N) is 3. The fraction of sp³-hybridized carbons (Fsp3) is 0.211. The molecule has 0 amide bonds. The summed E-state index contributed by atoms with van der Waals surface area (Å²) in [5.74, 6) is 0. The minimum Gasteiger partial charge on any atom is -0.307 e. The molecule has 1 aliphatic carbocycles. The predicted molar refractivity (Wildman–Crippen MR) is 102 cm³/mol. The first-order valence-electron chi connectivity index (χ1n) is 7.77. The molecule has 0 saturated heterocycles. The Kier molecular flexibility index (Phi) is 8.22. The molecule has 2 aromatic carbocycles. The van der Waals surface area contributed by atoms with Gasteiger partial charge >= 0.3 is 37.9 Å². The maximum Gasteiger partial charge on any atom is 0.122 e. The van der Waals surface area contributed by atoms with Crippen molar-refractivity contribution in [2.45, 2.75) is 27.2 Å². The van der Waals surface area contributed by atoms with E-state index in [0.29, 0.717) is 0 Å². The van der Waals surface area contributed by atoms with E-state index in [2.05, 4.69) is 61.3 Å². The Morgan fingerprint density at radius 3 is 2.24 bits per heavy atom. The molecule has 0 radical (unpaired) electrons. The zero-order chi connectivity index (χ0) is 18.2. The molecule has 25 heavy (non-hydrogen) atoms. The van der Waals surface area contributed by atoms with Gasteiger partial charge in [-0.15, -0.1) is 64.6 Å². The fourth-order valence-corrected chi connectivity index (χ4v) is 2.47. The van der Waals surface area contributed by atoms with Gasteiger partial charge in [0.25, 0.3) is 0 Å². The van der Waals surface area contributed by atoms with Crippen LogP contribution in [-0.4, -0.2) is 14.8 Å². The van der Waals surface area contributed by atoms with Crippen LogP contribution in [0.25, 0.3) is 16.5 Å². The normalized spacial score (nSPS) is 12.8. The van der Waals surface area contributed by atoms with Gasteiger partial charge in [0.2, 0.25) is 0 Å². The third-order valence-electron chi connectivity index (χ3n) is 4.14. The minimum atomic E-state index is -0.826. The summed E-state index contributed by atoms with van der Waals surface area (Å²) in [6, 6.07) is 12.5. The Balaban J connectivity index is 0.000000175. The van der Waals surface area contributed by atoms with Gasteiger partial charge in [-0.2, -0.15) is 11.1 Å². The molecular formula is C19H19Cl2N3Zr. The van der Waals surface area contributed by atoms with Crippen LogP contribution in [0.15, 0.2) is 65.8 Å². The van der Waals surface area contributed by atoms with Gasteiger partial charge in [0.1, 0.15) is 12.7 Å². The van der Waals surface area contributed by atoms with Crippen molar-refractivity contribution in [3.05, 3.63) is 71.8 Å². The van der Waals surface area contributed by atoms with E-state index >= 15 is 0 Å². The Hall–Kier alpha value is -1.09. The van der Waals surface area contributed by atoms with Crippen LogP contribution in [-0.2, 0) is 20.8 Å². The van der Waals surface area contributed by atoms with Gasteiger partial charge in [0, 0.05) is 0 Å². The van der Waals surface area contributed by atoms with Crippen LogP contribution in [0.4, 0.5) is 0 Å². The van der Waals surface area contributed by atoms with Crippen molar-refractivity contribution in [2.24, 2.45) is 0 Å². The Bertz CT molecular complexity index is 825. The topological polar surface area (TPSA) is 30.7 Å². The van der Waals surface area contributed by atoms with E-state index in [9.17, 15) is 0 Å². The van der Waals surface area contributed by atoms with E-state index < -0.39 is 20.8 Å². The van der Waals surface area contributed by atoms with Crippen LogP contribution in [0.1, 0.15) is 27.2 Å². The second kappa shape index (κ2) is 10.2. The van der Waals surface area contributed by atoms with Gasteiger partial charge in [-0.3, -0.25) is 6.08 Å². The number of hydrogen-bond acceptors (Lipinski definition) is 2. The van der Waals surface area contributed by atoms with E-state index in [1.165, 1.54) is 27.5 Å². The molecular weight excluding hydrogens is 432 g/mol. The smallest absolute Gasteiger partial charge is 0.122 e. The molecule has 0 aliphatic heterocycles. The second-order valence-electron chi connectivity index (χ2n) is 5.67. The quantitative estimate of drug-likeness (QED) is 0.426. The van der Waals surface area contributed by atoms with Gasteiger partial charge < -0.3 is 4.57 Å². The number of hydrogen-bond donors (Lipinski definition) is 0. The number of benzene rings is 1. The first-order chi connectivity index (χ1) is 12.1. The van der Waals surface area contributed by atoms with Gasteiger partial charge in [0.15, 0.2) is 0 Å². The Morgan fingerprint density at radius 1 is 1.12 bits per heavy atom. The van der Waals surface area contributed by atoms with Crippen molar-refractivity contribution < 1.29 is 20.8 Å². The molecule has 1 heterocycles. The van der Waals surface area contributed by atoms with Crippen molar-refractivity contribution in [1.82, 2.24) is 14.8 Å². The molecule has 3 aromatic rings. The second-order valence-corrected chi connectivity index (χ2v) is 9.40. The van der Waals surface area contributed by atoms with Crippen LogP contribution in [0.3, 0.4) is 0 Å². The molecule has 6 heteroatoms. The van der Waals surface area contributed by atoms with E-state index in [4.69, 9.17) is 17.0 Å². The molecule has 0 spiro atoms. The van der Waals surface area contributed by atoms with Gasteiger partial charge in [0.05, 0.1) is 0 Å². The molecule has 0 N–H and O–H groups in total. The average molecular weight is 452 g/mol. The fourth-order valence-electron chi connectivity index (χ4n) is 2.47. The molecule has 0 fully saturated rings. The zero-order valence-electron chi connectivity index (χ0n) is 14.4. The van der Waals surface area contributed by atoms with Crippen molar-refractivity contribution in [3.8, 4) is 5.69 Å². The van der Waals surface area contributed by atoms with E-state index in [0.717, 1.165) is 12.1 Å². The summed E-state index contributed by atoms with van der Waals surface area (Å²) < 4.78 is 1.90. The van der Waals surface area contributed by atoms with Gasteiger partial charge in [-0.25, -0.2) is 5.57 Å². The maximum atomic E-state index is 4.93. The Morgan fingerprint density at radius 2 is 1.76 bits per heavy atom. The van der Waals surface area contributed by atoms with Crippen molar-refractivity contribution >= 4 is 27.8 Å². The minimum absolute atomic E-state index is 0.826. The van der Waals surface area contributed by atoms with Crippen LogP contribution >= 0.6 is 17.0 Å². The van der Waals surface area contributed by atoms with Gasteiger partial charge in [-0.1, -0.05) is 19.9 Å². The number of aromatic nitrogens is 3. The number of rotatable bonds is 1. The van der Waals surface area contributed by atoms with Crippen molar-refractivity contribution in [1.29, 1.82) is 0 Å². The summed E-state index contributed by atoms with van der Waals surface area (Å²) in [5, 5.41) is 10.1. The summed E-state index contributed by atoms with van der Waals surface area (Å²) in [6.45, 7) is 6.44. The molecule has 1 aromatic heterocycles. The first-order valence-corrected chi connectivity index (χ1v) is 14.1. The number of allylic oxidation sites excluding steroid dienone is 4. The average Bonchev–Trinajstić information content (AvgIpc) is 3.33. The molecule has 0 unspecified atom stereocenters. The summed E-state index contributed by atoms with van der Waals surface area (Å²) in [7, 11) is 9.87. The van der Waals surface area contributed by atoms with Crippen molar-refractivity contribution in [3.63, 3.8) is 0 Å². The van der Waals surface area contributed by atoms with E-state index in [1.807, 2.05) is 16.7 Å². The molecule has 0 bridgehead atoms. The van der Waals surface area contributed by atoms with Crippen LogP contribution in [0.5, 0.6) is 0 Å². The third kappa shape index (κ3) is 5.70. The Labute approximate surface area is 167 Å². The number of fused-ring (bicyclic) bond motifs is 1. The molecule has 4 rings (SSSR count). The number of halogens is 2. The molecule has 128 valence electrons. The maximum absolute atomic E-state index is 4.93. The largest absolute Gasteiger partial charge is 0.307 e. The van der Waals surface area contributed by atoms with E-state index in [1.54, 1.807) is 12.7 Å². The van der Waals surface area contributed by atoms with Gasteiger partial charge in [-0.05, 0) is 5.69 Å². The third-order valence-corrected chi connectivity index (χ3v) is 4.14. The van der Waals surface area contributed by atoms with Crippen LogP contribution < -0.4 is 0 Å². The molecule has 0 saturated carbocycles. The van der Waals surface area contributed by atoms with E-state index in [-0.39, 0.29) is 0 Å². The summed E-state index contributed by atoms with van der Waals surface area (Å²) in [6.07, 6.45) is 7.72. The summed E-state index contributed by atoms with van der Waals surface area (Å²) in [5.41, 5.74) is 5.35. The standard InChI is InChI=1S/C11H8N3.C8H11.2ClH.Zr/c1-2-4-10-6-11(5-9(10)3-1)14-7-12-13-8-14;1-6-4-5-7(2)8(6)3;;;/h1-8H;4H2,1-3H3;2*1H;/q2*-1;;;+4/p-2. The summed E-state index contributed by atoms with van der Waals surface area (Å²) >= 11 is -0.826. The SMILES string of the molecule is CC1=[C-]CC(C)=C1C.[Cl][Zr+2][Cl].c1ccc2[cH-]c(-n3cnnc3)cc2c1. The summed E-state index contributed by atoms with van der Waals surface area (Å²) in [4.78, 5) is 0. The molecule has 0 atom stereocenters. The first kappa shape index (κ1) is 20.2. The van der Waals surface area contributed by atoms with Crippen molar-refractivity contribution in [2.75, 3.05) is 0 Å². The zero-order valence-corrected chi connectivity index (χ0v) is 18.4. The molecule has 3 nitrogen and oxygen atoms in total. The van der Waals surface area contributed by atoms with Crippen LogP contribution in [0.2, 0.25) is 0 Å². The monoisotopic (exact) mass is 449 g/mol. The predicted octanol–water partition coefficient (Wildman–Crippen LogP) is 5.99. The van der Waals surface area contributed by atoms with Crippen LogP contribution in [0, 0.1) is 6.08 Å². The molecule has 1 aliphatic rings.